The lowest BCUT2D eigenvalue weighted by Crippen LogP contribution is -2.20. The first-order valence-electron chi connectivity index (χ1n) is 5.13. The van der Waals surface area contributed by atoms with Gasteiger partial charge in [0.15, 0.2) is 0 Å². The van der Waals surface area contributed by atoms with Crippen LogP contribution in [0.1, 0.15) is 45.4 Å². The fourth-order valence-electron chi connectivity index (χ4n) is 1.97. The van der Waals surface area contributed by atoms with E-state index in [9.17, 15) is 4.79 Å². The van der Waals surface area contributed by atoms with E-state index in [0.717, 1.165) is 18.8 Å². The first kappa shape index (κ1) is 10.2. The molecule has 2 heteroatoms. The van der Waals surface area contributed by atoms with Crippen molar-refractivity contribution in [3.05, 3.63) is 0 Å². The van der Waals surface area contributed by atoms with E-state index >= 15 is 0 Å². The normalized spacial score (nSPS) is 28.0. The van der Waals surface area contributed by atoms with E-state index in [2.05, 4.69) is 6.92 Å². The average Bonchev–Trinajstić information content (AvgIpc) is 2.15. The molecular weight excluding hydrogens is 162 g/mol. The second-order valence-electron chi connectivity index (χ2n) is 4.08. The van der Waals surface area contributed by atoms with Gasteiger partial charge in [0.2, 0.25) is 0 Å². The Balaban J connectivity index is 2.28. The summed E-state index contributed by atoms with van der Waals surface area (Å²) in [7, 11) is 0. The van der Waals surface area contributed by atoms with Crippen LogP contribution in [0.15, 0.2) is 0 Å². The molecule has 0 aromatic carbocycles. The van der Waals surface area contributed by atoms with Crippen molar-refractivity contribution in [2.75, 3.05) is 0 Å². The fraction of sp³-hybridized carbons (Fsp3) is 0.818. The van der Waals surface area contributed by atoms with Crippen LogP contribution in [-0.2, 0) is 4.79 Å². The third-order valence-electron chi connectivity index (χ3n) is 2.95. The molecule has 0 atom stereocenters. The van der Waals surface area contributed by atoms with Gasteiger partial charge in [-0.3, -0.25) is 4.79 Å². The van der Waals surface area contributed by atoms with Crippen molar-refractivity contribution in [2.24, 2.45) is 11.8 Å². The van der Waals surface area contributed by atoms with Gasteiger partial charge in [0.25, 0.3) is 0 Å². The Morgan fingerprint density at radius 2 is 2.00 bits per heavy atom. The zero-order valence-electron chi connectivity index (χ0n) is 8.25. The molecule has 1 saturated carbocycles. The lowest BCUT2D eigenvalue weighted by Gasteiger charge is -2.24. The van der Waals surface area contributed by atoms with Crippen molar-refractivity contribution in [1.29, 1.82) is 5.26 Å². The summed E-state index contributed by atoms with van der Waals surface area (Å²) in [4.78, 5) is 11.5. The molecule has 0 unspecified atom stereocenters. The minimum absolute atomic E-state index is 0.268. The molecule has 0 aromatic heterocycles. The number of rotatable bonds is 3. The second kappa shape index (κ2) is 5.01. The highest BCUT2D eigenvalue weighted by molar-refractivity contribution is 5.81. The summed E-state index contributed by atoms with van der Waals surface area (Å²) in [6.45, 7) is 2.25. The molecule has 13 heavy (non-hydrogen) atoms. The van der Waals surface area contributed by atoms with Crippen molar-refractivity contribution in [2.45, 2.75) is 45.4 Å². The van der Waals surface area contributed by atoms with E-state index in [1.165, 1.54) is 12.8 Å². The lowest BCUT2D eigenvalue weighted by atomic mass is 9.80. The molecular formula is C11H17NO. The SMILES string of the molecule is CC1CCC(C(=O)CCC#N)CC1. The summed E-state index contributed by atoms with van der Waals surface area (Å²) < 4.78 is 0. The molecule has 0 aliphatic heterocycles. The summed E-state index contributed by atoms with van der Waals surface area (Å²) in [5, 5.41) is 8.35. The number of hydrogen-bond acceptors (Lipinski definition) is 2. The van der Waals surface area contributed by atoms with Gasteiger partial charge >= 0.3 is 0 Å². The van der Waals surface area contributed by atoms with Crippen LogP contribution in [0.2, 0.25) is 0 Å². The summed E-state index contributed by atoms with van der Waals surface area (Å²) in [6, 6.07) is 2.03. The Labute approximate surface area is 79.9 Å². The Bertz CT molecular complexity index is 209. The van der Waals surface area contributed by atoms with Crippen LogP contribution in [0, 0.1) is 23.2 Å². The summed E-state index contributed by atoms with van der Waals surface area (Å²) >= 11 is 0. The predicted molar refractivity (Wildman–Crippen MR) is 51.0 cm³/mol. The van der Waals surface area contributed by atoms with Crippen LogP contribution < -0.4 is 0 Å². The van der Waals surface area contributed by atoms with Crippen LogP contribution >= 0.6 is 0 Å². The molecule has 0 spiro atoms. The molecule has 1 fully saturated rings. The van der Waals surface area contributed by atoms with Crippen LogP contribution in [0.25, 0.3) is 0 Å². The predicted octanol–water partition coefficient (Wildman–Crippen LogP) is 2.69. The Kier molecular flexibility index (Phi) is 3.95. The van der Waals surface area contributed by atoms with Crippen LogP contribution in [0.5, 0.6) is 0 Å². The van der Waals surface area contributed by atoms with Gasteiger partial charge in [0.1, 0.15) is 5.78 Å². The van der Waals surface area contributed by atoms with Gasteiger partial charge in [-0.15, -0.1) is 0 Å². The highest BCUT2D eigenvalue weighted by Gasteiger charge is 2.23. The number of carbonyl (C=O) groups is 1. The lowest BCUT2D eigenvalue weighted by molar-refractivity contribution is -0.123. The molecule has 1 rings (SSSR count). The smallest absolute Gasteiger partial charge is 0.137 e. The maximum atomic E-state index is 11.5. The van der Waals surface area contributed by atoms with E-state index in [1.54, 1.807) is 0 Å². The molecule has 0 bridgehead atoms. The molecule has 0 saturated heterocycles. The number of Topliss-reactive ketones (excluding diaryl/α,β-unsaturated/α-hetero) is 1. The molecule has 72 valence electrons. The van der Waals surface area contributed by atoms with Gasteiger partial charge in [0.05, 0.1) is 6.07 Å². The van der Waals surface area contributed by atoms with Gasteiger partial charge in [-0.1, -0.05) is 19.8 Å². The number of hydrogen-bond donors (Lipinski definition) is 0. The first-order chi connectivity index (χ1) is 6.24. The van der Waals surface area contributed by atoms with E-state index in [1.807, 2.05) is 6.07 Å². The van der Waals surface area contributed by atoms with Crippen molar-refractivity contribution in [1.82, 2.24) is 0 Å². The van der Waals surface area contributed by atoms with E-state index in [4.69, 9.17) is 5.26 Å². The van der Waals surface area contributed by atoms with E-state index < -0.39 is 0 Å². The van der Waals surface area contributed by atoms with Gasteiger partial charge < -0.3 is 0 Å². The molecule has 0 aromatic rings. The monoisotopic (exact) mass is 179 g/mol. The number of ketones is 1. The largest absolute Gasteiger partial charge is 0.299 e. The molecule has 1 aliphatic carbocycles. The van der Waals surface area contributed by atoms with Gasteiger partial charge in [-0.25, -0.2) is 0 Å². The zero-order valence-corrected chi connectivity index (χ0v) is 8.25. The quantitative estimate of drug-likeness (QED) is 0.668. The van der Waals surface area contributed by atoms with E-state index in [-0.39, 0.29) is 5.92 Å². The highest BCUT2D eigenvalue weighted by atomic mass is 16.1. The standard InChI is InChI=1S/C11H17NO/c1-9-4-6-10(7-5-9)11(13)3-2-8-12/h9-10H,2-7H2,1H3. The topological polar surface area (TPSA) is 40.9 Å². The first-order valence-corrected chi connectivity index (χ1v) is 5.13. The molecule has 2 nitrogen and oxygen atoms in total. The minimum Gasteiger partial charge on any atom is -0.299 e. The number of carbonyl (C=O) groups excluding carboxylic acids is 1. The van der Waals surface area contributed by atoms with Crippen LogP contribution in [-0.4, -0.2) is 5.78 Å². The Hall–Kier alpha value is -0.840. The maximum Gasteiger partial charge on any atom is 0.137 e. The molecule has 1 aliphatic rings. The fourth-order valence-corrected chi connectivity index (χ4v) is 1.97. The van der Waals surface area contributed by atoms with Gasteiger partial charge in [-0.2, -0.15) is 5.26 Å². The maximum absolute atomic E-state index is 11.5. The summed E-state index contributed by atoms with van der Waals surface area (Å²) in [5.41, 5.74) is 0. The third kappa shape index (κ3) is 3.18. The van der Waals surface area contributed by atoms with Gasteiger partial charge in [-0.05, 0) is 18.8 Å². The second-order valence-corrected chi connectivity index (χ2v) is 4.08. The van der Waals surface area contributed by atoms with Crippen molar-refractivity contribution < 1.29 is 4.79 Å². The van der Waals surface area contributed by atoms with Crippen molar-refractivity contribution in [3.63, 3.8) is 0 Å². The number of nitriles is 1. The summed E-state index contributed by atoms with van der Waals surface area (Å²) in [6.07, 6.45) is 5.32. The molecule has 0 radical (unpaired) electrons. The Morgan fingerprint density at radius 3 is 2.54 bits per heavy atom. The minimum atomic E-state index is 0.268. The number of nitrogens with zero attached hydrogens (tertiary/aromatic N) is 1. The highest BCUT2D eigenvalue weighted by Crippen LogP contribution is 2.29. The van der Waals surface area contributed by atoms with Crippen LogP contribution in [0.4, 0.5) is 0 Å². The van der Waals surface area contributed by atoms with Crippen molar-refractivity contribution in [3.8, 4) is 6.07 Å². The third-order valence-corrected chi connectivity index (χ3v) is 2.95. The summed E-state index contributed by atoms with van der Waals surface area (Å²) in [5.74, 6) is 1.37. The van der Waals surface area contributed by atoms with Crippen LogP contribution in [0.3, 0.4) is 0 Å². The van der Waals surface area contributed by atoms with Crippen molar-refractivity contribution >= 4 is 5.78 Å². The van der Waals surface area contributed by atoms with E-state index in [0.29, 0.717) is 18.6 Å². The zero-order chi connectivity index (χ0) is 9.68. The average molecular weight is 179 g/mol. The molecule has 0 N–H and O–H groups in total. The molecule has 0 heterocycles. The Morgan fingerprint density at radius 1 is 1.38 bits per heavy atom. The molecule has 0 amide bonds. The van der Waals surface area contributed by atoms with Gasteiger partial charge in [0, 0.05) is 18.8 Å².